The number of rotatable bonds is 6. The molecule has 2 aromatic heterocycles. The zero-order valence-corrected chi connectivity index (χ0v) is 31.1. The monoisotopic (exact) mass is 728 g/mol. The number of hydrogen-bond acceptors (Lipinski definition) is 2. The van der Waals surface area contributed by atoms with E-state index in [0.717, 1.165) is 67.3 Å². The molecule has 0 saturated heterocycles. The third kappa shape index (κ3) is 5.60. The molecule has 2 heterocycles. The Kier molecular flexibility index (Phi) is 7.65. The lowest BCUT2D eigenvalue weighted by Crippen LogP contribution is -2.11. The number of allylic oxidation sites excluding steroid dienone is 3. The number of nitrogens with zero attached hydrogens (tertiary/aromatic N) is 2. The van der Waals surface area contributed by atoms with Crippen molar-refractivity contribution < 1.29 is 4.42 Å². The van der Waals surface area contributed by atoms with Gasteiger partial charge in [0.05, 0.1) is 16.7 Å². The Hall–Kier alpha value is -7.62. The van der Waals surface area contributed by atoms with E-state index >= 15 is 0 Å². The van der Waals surface area contributed by atoms with E-state index in [4.69, 9.17) is 4.42 Å². The fourth-order valence-electron chi connectivity index (χ4n) is 8.51. The molecule has 0 fully saturated rings. The molecule has 268 valence electrons. The quantitative estimate of drug-likeness (QED) is 0.170. The third-order valence-corrected chi connectivity index (χ3v) is 11.3. The smallest absolute Gasteiger partial charge is 0.137 e. The lowest BCUT2D eigenvalue weighted by molar-refractivity contribution is 0.603. The maximum Gasteiger partial charge on any atom is 0.137 e. The molecule has 0 aliphatic heterocycles. The van der Waals surface area contributed by atoms with Gasteiger partial charge in [0, 0.05) is 50.4 Å². The molecular weight excluding hydrogens is 693 g/mol. The van der Waals surface area contributed by atoms with Crippen molar-refractivity contribution in [3.63, 3.8) is 0 Å². The van der Waals surface area contributed by atoms with Gasteiger partial charge in [-0.05, 0) is 106 Å². The number of benzene rings is 8. The highest BCUT2D eigenvalue weighted by Crippen LogP contribution is 2.44. The van der Waals surface area contributed by atoms with Gasteiger partial charge in [-0.15, -0.1) is 0 Å². The van der Waals surface area contributed by atoms with Crippen LogP contribution in [-0.2, 0) is 0 Å². The average molecular weight is 729 g/mol. The van der Waals surface area contributed by atoms with E-state index in [2.05, 4.69) is 204 Å². The second-order valence-electron chi connectivity index (χ2n) is 14.7. The predicted octanol–water partition coefficient (Wildman–Crippen LogP) is 15.1. The Morgan fingerprint density at radius 1 is 0.456 bits per heavy atom. The van der Waals surface area contributed by atoms with Crippen LogP contribution in [0.4, 0.5) is 17.1 Å². The largest absolute Gasteiger partial charge is 0.456 e. The summed E-state index contributed by atoms with van der Waals surface area (Å²) in [5.74, 6) is 0.839. The molecule has 0 atom stereocenters. The van der Waals surface area contributed by atoms with E-state index in [1.165, 1.54) is 38.1 Å². The molecule has 0 bridgehead atoms. The SMILES string of the molecule is C=C1C=Cc2oc3cc(N(c4cccc(-c5ccc6ccccc6c5)c4)c4ccccc4-c4ccc(-n5c6ccccc6c6ccccc65)cc4)ccc3c2C=C1. The summed E-state index contributed by atoms with van der Waals surface area (Å²) in [7, 11) is 0. The molecule has 1 aliphatic rings. The zero-order valence-electron chi connectivity index (χ0n) is 31.1. The number of fused-ring (bicyclic) bond motifs is 7. The summed E-state index contributed by atoms with van der Waals surface area (Å²) < 4.78 is 8.90. The molecular formula is C54H36N2O. The van der Waals surface area contributed by atoms with E-state index in [1.54, 1.807) is 0 Å². The van der Waals surface area contributed by atoms with Crippen LogP contribution in [0.25, 0.3) is 83.6 Å². The Labute approximate surface area is 331 Å². The minimum Gasteiger partial charge on any atom is -0.456 e. The Bertz CT molecular complexity index is 3210. The van der Waals surface area contributed by atoms with E-state index in [0.29, 0.717) is 0 Å². The molecule has 1 aliphatic carbocycles. The molecule has 3 heteroatoms. The summed E-state index contributed by atoms with van der Waals surface area (Å²) in [4.78, 5) is 2.36. The number of aromatic nitrogens is 1. The summed E-state index contributed by atoms with van der Waals surface area (Å²) in [6.45, 7) is 4.12. The van der Waals surface area contributed by atoms with Gasteiger partial charge < -0.3 is 13.9 Å². The van der Waals surface area contributed by atoms with E-state index in [1.807, 2.05) is 18.2 Å². The van der Waals surface area contributed by atoms with Crippen molar-refractivity contribution in [1.82, 2.24) is 4.57 Å². The fourth-order valence-corrected chi connectivity index (χ4v) is 8.51. The van der Waals surface area contributed by atoms with Crippen LogP contribution in [0.1, 0.15) is 11.3 Å². The minimum absolute atomic E-state index is 0.836. The van der Waals surface area contributed by atoms with Gasteiger partial charge >= 0.3 is 0 Å². The molecule has 8 aromatic carbocycles. The van der Waals surface area contributed by atoms with Gasteiger partial charge in [0.2, 0.25) is 0 Å². The van der Waals surface area contributed by atoms with Gasteiger partial charge in [0.1, 0.15) is 11.3 Å². The van der Waals surface area contributed by atoms with Gasteiger partial charge in [0.25, 0.3) is 0 Å². The van der Waals surface area contributed by atoms with Crippen LogP contribution in [0.3, 0.4) is 0 Å². The van der Waals surface area contributed by atoms with Crippen LogP contribution < -0.4 is 4.90 Å². The van der Waals surface area contributed by atoms with Gasteiger partial charge in [0.15, 0.2) is 0 Å². The van der Waals surface area contributed by atoms with E-state index in [-0.39, 0.29) is 0 Å². The molecule has 11 rings (SSSR count). The van der Waals surface area contributed by atoms with Crippen molar-refractivity contribution in [3.8, 4) is 27.9 Å². The van der Waals surface area contributed by atoms with Crippen molar-refractivity contribution in [2.45, 2.75) is 0 Å². The van der Waals surface area contributed by atoms with Crippen LogP contribution in [0, 0.1) is 0 Å². The lowest BCUT2D eigenvalue weighted by Gasteiger charge is -2.28. The molecule has 10 aromatic rings. The highest BCUT2D eigenvalue weighted by Gasteiger charge is 2.21. The van der Waals surface area contributed by atoms with E-state index < -0.39 is 0 Å². The highest BCUT2D eigenvalue weighted by atomic mass is 16.3. The first kappa shape index (κ1) is 32.8. The standard InChI is InChI=1S/C54H36N2O/c1-36-21-30-48-49-31-29-44(35-54(49)57-53(48)32-22-36)55(43-14-10-13-40(34-43)41-24-23-37-11-2-3-12-39(37)33-41)50-18-7-4-15-45(50)38-25-27-42(28-26-38)56-51-19-8-5-16-46(51)47-17-6-9-20-52(47)56/h2-35H,1H2. The van der Waals surface area contributed by atoms with Gasteiger partial charge in [-0.2, -0.15) is 0 Å². The maximum atomic E-state index is 6.53. The Morgan fingerprint density at radius 2 is 1.12 bits per heavy atom. The van der Waals surface area contributed by atoms with Crippen LogP contribution >= 0.6 is 0 Å². The number of anilines is 3. The zero-order chi connectivity index (χ0) is 37.9. The van der Waals surface area contributed by atoms with Crippen LogP contribution in [0.2, 0.25) is 0 Å². The normalized spacial score (nSPS) is 12.5. The van der Waals surface area contributed by atoms with Gasteiger partial charge in [-0.1, -0.05) is 134 Å². The second-order valence-corrected chi connectivity index (χ2v) is 14.7. The first-order valence-electron chi connectivity index (χ1n) is 19.4. The summed E-state index contributed by atoms with van der Waals surface area (Å²) >= 11 is 0. The van der Waals surface area contributed by atoms with E-state index in [9.17, 15) is 0 Å². The number of hydrogen-bond donors (Lipinski definition) is 0. The number of para-hydroxylation sites is 3. The first-order chi connectivity index (χ1) is 28.2. The summed E-state index contributed by atoms with van der Waals surface area (Å²) in [5, 5.41) is 6.04. The first-order valence-corrected chi connectivity index (χ1v) is 19.4. The lowest BCUT2D eigenvalue weighted by atomic mass is 9.99. The molecule has 57 heavy (non-hydrogen) atoms. The second kappa shape index (κ2) is 13.3. The Balaban J connectivity index is 1.06. The average Bonchev–Trinajstić information content (AvgIpc) is 3.73. The summed E-state index contributed by atoms with van der Waals surface area (Å²) in [6.07, 6.45) is 8.16. The summed E-state index contributed by atoms with van der Waals surface area (Å²) in [5.41, 5.74) is 14.1. The fraction of sp³-hybridized carbons (Fsp3) is 0. The topological polar surface area (TPSA) is 21.3 Å². The van der Waals surface area contributed by atoms with Crippen LogP contribution in [0.15, 0.2) is 211 Å². The van der Waals surface area contributed by atoms with Crippen molar-refractivity contribution in [2.75, 3.05) is 4.90 Å². The van der Waals surface area contributed by atoms with Crippen LogP contribution in [-0.4, -0.2) is 4.57 Å². The van der Waals surface area contributed by atoms with Crippen LogP contribution in [0.5, 0.6) is 0 Å². The number of furan rings is 1. The van der Waals surface area contributed by atoms with Gasteiger partial charge in [-0.25, -0.2) is 0 Å². The summed E-state index contributed by atoms with van der Waals surface area (Å²) in [6, 6.07) is 65.7. The molecule has 0 amide bonds. The molecule has 0 unspecified atom stereocenters. The van der Waals surface area contributed by atoms with Crippen molar-refractivity contribution in [1.29, 1.82) is 0 Å². The predicted molar refractivity (Wildman–Crippen MR) is 241 cm³/mol. The molecule has 0 radical (unpaired) electrons. The maximum absolute atomic E-state index is 6.53. The van der Waals surface area contributed by atoms with Crippen molar-refractivity contribution in [2.24, 2.45) is 0 Å². The molecule has 3 nitrogen and oxygen atoms in total. The molecule has 0 spiro atoms. The van der Waals surface area contributed by atoms with Crippen molar-refractivity contribution in [3.05, 3.63) is 218 Å². The van der Waals surface area contributed by atoms with Gasteiger partial charge in [-0.3, -0.25) is 0 Å². The van der Waals surface area contributed by atoms with Crippen molar-refractivity contribution >= 4 is 72.8 Å². The molecule has 0 saturated carbocycles. The third-order valence-electron chi connectivity index (χ3n) is 11.3. The Morgan fingerprint density at radius 3 is 1.95 bits per heavy atom. The minimum atomic E-state index is 0.836. The highest BCUT2D eigenvalue weighted by molar-refractivity contribution is 6.09. The molecule has 0 N–H and O–H groups in total.